The number of ether oxygens (including phenoxy) is 1. The molecule has 144 valence electrons. The number of nitrogens with one attached hydrogen (secondary N) is 1. The monoisotopic (exact) mass is 376 g/mol. The van der Waals surface area contributed by atoms with Gasteiger partial charge in [0.2, 0.25) is 0 Å². The number of hydrazone groups is 1. The molecule has 0 atom stereocenters. The number of anilines is 2. The predicted molar refractivity (Wildman–Crippen MR) is 110 cm³/mol. The lowest BCUT2D eigenvalue weighted by Gasteiger charge is -2.33. The number of carbonyl (C=O) groups is 1. The number of hydrogen-bond donors (Lipinski definition) is 1. The van der Waals surface area contributed by atoms with Crippen LogP contribution in [0.4, 0.5) is 11.4 Å². The van der Waals surface area contributed by atoms with Crippen molar-refractivity contribution >= 4 is 23.6 Å². The lowest BCUT2D eigenvalue weighted by Crippen LogP contribution is -2.37. The third kappa shape index (κ3) is 4.89. The molecule has 0 unspecified atom stereocenters. The van der Waals surface area contributed by atoms with Crippen LogP contribution in [0.5, 0.6) is 0 Å². The number of hydrogen-bond acceptors (Lipinski definition) is 6. The van der Waals surface area contributed by atoms with Crippen LogP contribution < -0.4 is 10.3 Å². The minimum absolute atomic E-state index is 0.0443. The number of para-hydroxylation sites is 1. The fourth-order valence-corrected chi connectivity index (χ4v) is 3.31. The molecule has 0 aliphatic carbocycles. The van der Waals surface area contributed by atoms with Gasteiger partial charge < -0.3 is 9.64 Å². The zero-order valence-electron chi connectivity index (χ0n) is 16.0. The normalized spacial score (nSPS) is 14.6. The van der Waals surface area contributed by atoms with Gasteiger partial charge in [0, 0.05) is 13.1 Å². The zero-order chi connectivity index (χ0) is 19.8. The first kappa shape index (κ1) is 19.4. The van der Waals surface area contributed by atoms with Crippen LogP contribution in [-0.4, -0.2) is 31.9 Å². The number of carbonyl (C=O) groups excluding carboxylic acids is 1. The molecule has 2 aromatic rings. The third-order valence-electron chi connectivity index (χ3n) is 4.78. The summed E-state index contributed by atoms with van der Waals surface area (Å²) in [6.07, 6.45) is 3.19. The fourth-order valence-electron chi connectivity index (χ4n) is 3.31. The molecule has 0 amide bonds. The van der Waals surface area contributed by atoms with Crippen molar-refractivity contribution in [2.45, 2.75) is 19.8 Å². The molecule has 28 heavy (non-hydrogen) atoms. The summed E-state index contributed by atoms with van der Waals surface area (Å²) in [4.78, 5) is 14.1. The quantitative estimate of drug-likeness (QED) is 0.472. The highest BCUT2D eigenvalue weighted by Crippen LogP contribution is 2.27. The van der Waals surface area contributed by atoms with Gasteiger partial charge in [0.05, 0.1) is 35.7 Å². The summed E-state index contributed by atoms with van der Waals surface area (Å²) in [5, 5.41) is 13.8. The van der Waals surface area contributed by atoms with Crippen LogP contribution in [0.15, 0.2) is 53.6 Å². The lowest BCUT2D eigenvalue weighted by atomic mass is 9.96. The molecule has 0 aromatic heterocycles. The Morgan fingerprint density at radius 2 is 2.04 bits per heavy atom. The topological polar surface area (TPSA) is 77.7 Å². The van der Waals surface area contributed by atoms with Gasteiger partial charge in [-0.15, -0.1) is 0 Å². The Hall–Kier alpha value is -3.33. The maximum Gasteiger partial charge on any atom is 0.309 e. The van der Waals surface area contributed by atoms with Crippen molar-refractivity contribution in [1.29, 1.82) is 5.26 Å². The molecule has 0 spiro atoms. The molecule has 1 aliphatic rings. The predicted octanol–water partition coefficient (Wildman–Crippen LogP) is 3.78. The first-order valence-corrected chi connectivity index (χ1v) is 9.51. The van der Waals surface area contributed by atoms with Crippen LogP contribution in [0.3, 0.4) is 0 Å². The van der Waals surface area contributed by atoms with Gasteiger partial charge in [0.15, 0.2) is 0 Å². The zero-order valence-corrected chi connectivity index (χ0v) is 16.0. The van der Waals surface area contributed by atoms with Crippen LogP contribution in [-0.2, 0) is 9.53 Å². The van der Waals surface area contributed by atoms with E-state index in [-0.39, 0.29) is 11.9 Å². The molecule has 1 fully saturated rings. The molecular weight excluding hydrogens is 352 g/mol. The molecule has 0 saturated carbocycles. The molecule has 1 saturated heterocycles. The van der Waals surface area contributed by atoms with Crippen molar-refractivity contribution in [3.8, 4) is 6.07 Å². The summed E-state index contributed by atoms with van der Waals surface area (Å²) in [7, 11) is 0. The van der Waals surface area contributed by atoms with Crippen LogP contribution in [0, 0.1) is 17.2 Å². The van der Waals surface area contributed by atoms with Gasteiger partial charge in [-0.25, -0.2) is 0 Å². The van der Waals surface area contributed by atoms with Gasteiger partial charge in [-0.1, -0.05) is 24.3 Å². The van der Waals surface area contributed by atoms with Crippen molar-refractivity contribution in [3.63, 3.8) is 0 Å². The summed E-state index contributed by atoms with van der Waals surface area (Å²) < 4.78 is 5.12. The minimum atomic E-state index is -0.111. The number of rotatable bonds is 6. The van der Waals surface area contributed by atoms with Crippen molar-refractivity contribution < 1.29 is 9.53 Å². The van der Waals surface area contributed by atoms with Crippen LogP contribution >= 0.6 is 0 Å². The second-order valence-electron chi connectivity index (χ2n) is 6.64. The summed E-state index contributed by atoms with van der Waals surface area (Å²) in [6.45, 7) is 3.72. The van der Waals surface area contributed by atoms with Gasteiger partial charge in [-0.2, -0.15) is 10.4 Å². The highest BCUT2D eigenvalue weighted by molar-refractivity contribution is 5.82. The van der Waals surface area contributed by atoms with Gasteiger partial charge in [0.25, 0.3) is 0 Å². The Morgan fingerprint density at radius 1 is 1.29 bits per heavy atom. The van der Waals surface area contributed by atoms with E-state index >= 15 is 0 Å². The molecule has 1 heterocycles. The second-order valence-corrected chi connectivity index (χ2v) is 6.64. The van der Waals surface area contributed by atoms with E-state index in [9.17, 15) is 10.1 Å². The first-order chi connectivity index (χ1) is 13.7. The summed E-state index contributed by atoms with van der Waals surface area (Å²) in [6, 6.07) is 17.7. The molecule has 0 radical (unpaired) electrons. The maximum absolute atomic E-state index is 11.9. The Bertz CT molecular complexity index is 866. The number of piperidine rings is 1. The molecule has 2 aromatic carbocycles. The fraction of sp³-hybridized carbons (Fsp3) is 0.318. The van der Waals surface area contributed by atoms with Gasteiger partial charge in [0.1, 0.15) is 6.07 Å². The standard InChI is InChI=1S/C22H24N4O2/c1-2-28-22(27)18-10-12-26(13-11-18)21-9-8-17(14-19(21)15-23)16-24-25-20-6-4-3-5-7-20/h3-9,14,16,18,25H,2,10-13H2,1H3. The van der Waals surface area contributed by atoms with E-state index < -0.39 is 0 Å². The lowest BCUT2D eigenvalue weighted by molar-refractivity contribution is -0.148. The van der Waals surface area contributed by atoms with Crippen molar-refractivity contribution in [2.24, 2.45) is 11.0 Å². The number of esters is 1. The Kier molecular flexibility index (Phi) is 6.64. The third-order valence-corrected chi connectivity index (χ3v) is 4.78. The minimum Gasteiger partial charge on any atom is -0.466 e. The number of benzene rings is 2. The van der Waals surface area contributed by atoms with Gasteiger partial charge in [-0.3, -0.25) is 10.2 Å². The average molecular weight is 376 g/mol. The van der Waals surface area contributed by atoms with Crippen LogP contribution in [0.1, 0.15) is 30.9 Å². The van der Waals surface area contributed by atoms with Crippen molar-refractivity contribution in [1.82, 2.24) is 0 Å². The van der Waals surface area contributed by atoms with E-state index in [2.05, 4.69) is 21.5 Å². The summed E-state index contributed by atoms with van der Waals surface area (Å²) in [5.41, 5.74) is 6.23. The second kappa shape index (κ2) is 9.56. The van der Waals surface area contributed by atoms with Crippen LogP contribution in [0.25, 0.3) is 0 Å². The van der Waals surface area contributed by atoms with Crippen LogP contribution in [0.2, 0.25) is 0 Å². The smallest absolute Gasteiger partial charge is 0.309 e. The van der Waals surface area contributed by atoms with E-state index in [0.717, 1.165) is 42.9 Å². The number of nitrogens with zero attached hydrogens (tertiary/aromatic N) is 3. The summed E-state index contributed by atoms with van der Waals surface area (Å²) >= 11 is 0. The molecule has 6 nitrogen and oxygen atoms in total. The Balaban J connectivity index is 1.64. The van der Waals surface area contributed by atoms with E-state index in [1.54, 1.807) is 6.21 Å². The average Bonchev–Trinajstić information content (AvgIpc) is 2.75. The van der Waals surface area contributed by atoms with Crippen molar-refractivity contribution in [2.75, 3.05) is 30.0 Å². The van der Waals surface area contributed by atoms with E-state index in [1.165, 1.54) is 0 Å². The Labute approximate surface area is 165 Å². The largest absolute Gasteiger partial charge is 0.466 e. The van der Waals surface area contributed by atoms with E-state index in [4.69, 9.17) is 4.74 Å². The molecule has 1 aliphatic heterocycles. The maximum atomic E-state index is 11.9. The summed E-state index contributed by atoms with van der Waals surface area (Å²) in [5.74, 6) is -0.155. The highest BCUT2D eigenvalue weighted by atomic mass is 16.5. The number of nitriles is 1. The molecular formula is C22H24N4O2. The van der Waals surface area contributed by atoms with Gasteiger partial charge in [-0.05, 0) is 49.6 Å². The first-order valence-electron chi connectivity index (χ1n) is 9.51. The van der Waals surface area contributed by atoms with Crippen molar-refractivity contribution in [3.05, 3.63) is 59.7 Å². The SMILES string of the molecule is CCOC(=O)C1CCN(c2ccc(C=NNc3ccccc3)cc2C#N)CC1. The highest BCUT2D eigenvalue weighted by Gasteiger charge is 2.27. The molecule has 0 bridgehead atoms. The van der Waals surface area contributed by atoms with Gasteiger partial charge >= 0.3 is 5.97 Å². The molecule has 1 N–H and O–H groups in total. The molecule has 6 heteroatoms. The molecule has 3 rings (SSSR count). The Morgan fingerprint density at radius 3 is 2.71 bits per heavy atom. The van der Waals surface area contributed by atoms with E-state index in [0.29, 0.717) is 12.2 Å². The van der Waals surface area contributed by atoms with E-state index in [1.807, 2.05) is 55.5 Å².